The Morgan fingerprint density at radius 2 is 1.24 bits per heavy atom. The second-order valence-corrected chi connectivity index (χ2v) is 8.29. The summed E-state index contributed by atoms with van der Waals surface area (Å²) in [5.41, 5.74) is 5.65. The molecule has 0 aromatic heterocycles. The first-order chi connectivity index (χ1) is 11.9. The van der Waals surface area contributed by atoms with Crippen molar-refractivity contribution in [3.63, 3.8) is 0 Å². The van der Waals surface area contributed by atoms with Crippen LogP contribution in [0.2, 0.25) is 0 Å². The topological polar surface area (TPSA) is 113 Å². The number of phosphoric ester groups is 1. The van der Waals surface area contributed by atoms with E-state index in [0.29, 0.717) is 6.42 Å². The summed E-state index contributed by atoms with van der Waals surface area (Å²) in [7, 11) is -4.51. The van der Waals surface area contributed by atoms with E-state index in [1.807, 2.05) is 0 Å². The van der Waals surface area contributed by atoms with E-state index in [2.05, 4.69) is 11.4 Å². The van der Waals surface area contributed by atoms with Crippen LogP contribution in [-0.4, -0.2) is 33.6 Å². The number of aliphatic hydroxyl groups excluding tert-OH is 1. The second-order valence-electron chi connectivity index (χ2n) is 7.05. The fourth-order valence-electron chi connectivity index (χ4n) is 2.88. The molecule has 0 fully saturated rings. The summed E-state index contributed by atoms with van der Waals surface area (Å²) < 4.78 is 14.9. The number of nitrogens with two attached hydrogens (primary N) is 1. The Labute approximate surface area is 153 Å². The van der Waals surface area contributed by atoms with Crippen LogP contribution < -0.4 is 5.73 Å². The zero-order valence-corrected chi connectivity index (χ0v) is 16.8. The predicted octanol–water partition coefficient (Wildman–Crippen LogP) is 4.27. The van der Waals surface area contributed by atoms with E-state index in [9.17, 15) is 9.67 Å². The van der Waals surface area contributed by atoms with Gasteiger partial charge in [-0.3, -0.25) is 4.52 Å². The molecule has 7 heteroatoms. The number of aliphatic hydroxyl groups is 1. The Balaban J connectivity index is 3.33. The summed E-state index contributed by atoms with van der Waals surface area (Å²) in [5.74, 6) is 0. The second kappa shape index (κ2) is 16.2. The summed E-state index contributed by atoms with van der Waals surface area (Å²) in [6.45, 7) is 1.92. The Morgan fingerprint density at radius 3 is 1.64 bits per heavy atom. The van der Waals surface area contributed by atoms with E-state index in [0.717, 1.165) is 19.3 Å². The maximum atomic E-state index is 10.6. The zero-order chi connectivity index (χ0) is 19.0. The highest BCUT2D eigenvalue weighted by Crippen LogP contribution is 2.35. The van der Waals surface area contributed by atoms with Gasteiger partial charge in [0.1, 0.15) is 0 Å². The standard InChI is InChI=1S/C18H40NO5P/c1-2-3-4-5-6-7-8-9-10-11-12-13-14-15-18(20)17(19)16-24-25(21,22)23/h17-18,20H,2-16,19H2,1H3,(H2,21,22,23)/t17-,18?/m0/s1. The summed E-state index contributed by atoms with van der Waals surface area (Å²) in [6, 6.07) is -0.759. The van der Waals surface area contributed by atoms with E-state index in [-0.39, 0.29) is 6.61 Å². The van der Waals surface area contributed by atoms with Crippen LogP contribution in [0.5, 0.6) is 0 Å². The molecule has 25 heavy (non-hydrogen) atoms. The van der Waals surface area contributed by atoms with E-state index >= 15 is 0 Å². The van der Waals surface area contributed by atoms with Crippen molar-refractivity contribution in [1.29, 1.82) is 0 Å². The molecule has 0 aliphatic carbocycles. The Hall–Kier alpha value is 0.0300. The molecule has 0 amide bonds. The summed E-state index contributed by atoms with van der Waals surface area (Å²) in [6.07, 6.45) is 16.2. The van der Waals surface area contributed by atoms with Gasteiger partial charge in [-0.2, -0.15) is 0 Å². The molecule has 5 N–H and O–H groups in total. The van der Waals surface area contributed by atoms with Gasteiger partial charge in [-0.25, -0.2) is 4.57 Å². The van der Waals surface area contributed by atoms with Crippen molar-refractivity contribution in [3.8, 4) is 0 Å². The first kappa shape index (κ1) is 25.0. The van der Waals surface area contributed by atoms with E-state index in [1.54, 1.807) is 0 Å². The largest absolute Gasteiger partial charge is 0.469 e. The van der Waals surface area contributed by atoms with Gasteiger partial charge in [0.15, 0.2) is 0 Å². The molecule has 0 aliphatic heterocycles. The quantitative estimate of drug-likeness (QED) is 0.208. The SMILES string of the molecule is CCCCCCCCCCCCCCCC(O)[C@@H](N)COP(=O)(O)O. The predicted molar refractivity (Wildman–Crippen MR) is 102 cm³/mol. The minimum Gasteiger partial charge on any atom is -0.391 e. The molecule has 152 valence electrons. The van der Waals surface area contributed by atoms with Gasteiger partial charge in [-0.15, -0.1) is 0 Å². The molecule has 0 spiro atoms. The highest BCUT2D eigenvalue weighted by molar-refractivity contribution is 7.46. The molecule has 0 saturated carbocycles. The van der Waals surface area contributed by atoms with Gasteiger partial charge in [-0.05, 0) is 6.42 Å². The maximum absolute atomic E-state index is 10.6. The number of unbranched alkanes of at least 4 members (excludes halogenated alkanes) is 12. The first-order valence-corrected chi connectivity index (χ1v) is 11.5. The molecule has 0 aromatic carbocycles. The third kappa shape index (κ3) is 18.6. The number of hydrogen-bond acceptors (Lipinski definition) is 4. The van der Waals surface area contributed by atoms with Crippen molar-refractivity contribution < 1.29 is 24.0 Å². The molecule has 0 heterocycles. The Kier molecular flexibility index (Phi) is 16.2. The van der Waals surface area contributed by atoms with Crippen LogP contribution in [0.15, 0.2) is 0 Å². The monoisotopic (exact) mass is 381 g/mol. The fourth-order valence-corrected chi connectivity index (χ4v) is 3.25. The number of phosphoric acid groups is 1. The molecule has 0 bridgehead atoms. The molecule has 0 radical (unpaired) electrons. The van der Waals surface area contributed by atoms with Crippen LogP contribution in [0.25, 0.3) is 0 Å². The normalized spacial score (nSPS) is 14.6. The molecule has 0 saturated heterocycles. The third-order valence-corrected chi connectivity index (χ3v) is 5.02. The van der Waals surface area contributed by atoms with Gasteiger partial charge in [0, 0.05) is 0 Å². The van der Waals surface area contributed by atoms with Crippen molar-refractivity contribution in [2.45, 2.75) is 109 Å². The van der Waals surface area contributed by atoms with Gasteiger partial charge in [0.05, 0.1) is 18.8 Å². The van der Waals surface area contributed by atoms with Crippen LogP contribution in [-0.2, 0) is 9.09 Å². The average molecular weight is 381 g/mol. The van der Waals surface area contributed by atoms with Crippen LogP contribution in [0.1, 0.15) is 96.8 Å². The van der Waals surface area contributed by atoms with Crippen LogP contribution >= 0.6 is 7.82 Å². The lowest BCUT2D eigenvalue weighted by atomic mass is 10.0. The molecule has 0 aromatic rings. The lowest BCUT2D eigenvalue weighted by molar-refractivity contribution is 0.0931. The fraction of sp³-hybridized carbons (Fsp3) is 1.00. The van der Waals surface area contributed by atoms with Crippen molar-refractivity contribution in [2.75, 3.05) is 6.61 Å². The lowest BCUT2D eigenvalue weighted by Gasteiger charge is -2.18. The molecule has 2 atom stereocenters. The molecular weight excluding hydrogens is 341 g/mol. The van der Waals surface area contributed by atoms with Crippen LogP contribution in [0.4, 0.5) is 0 Å². The minimum absolute atomic E-state index is 0.329. The van der Waals surface area contributed by atoms with Gasteiger partial charge >= 0.3 is 7.82 Å². The van der Waals surface area contributed by atoms with Gasteiger partial charge < -0.3 is 20.6 Å². The highest BCUT2D eigenvalue weighted by Gasteiger charge is 2.20. The van der Waals surface area contributed by atoms with Crippen molar-refractivity contribution in [3.05, 3.63) is 0 Å². The lowest BCUT2D eigenvalue weighted by Crippen LogP contribution is -2.38. The summed E-state index contributed by atoms with van der Waals surface area (Å²) in [5, 5.41) is 9.83. The van der Waals surface area contributed by atoms with Gasteiger partial charge in [-0.1, -0.05) is 90.4 Å². The zero-order valence-electron chi connectivity index (χ0n) is 15.9. The molecular formula is C18H40NO5P. The summed E-state index contributed by atoms with van der Waals surface area (Å²) in [4.78, 5) is 17.2. The van der Waals surface area contributed by atoms with Gasteiger partial charge in [0.2, 0.25) is 0 Å². The molecule has 1 unspecified atom stereocenters. The average Bonchev–Trinajstić information content (AvgIpc) is 2.56. The minimum atomic E-state index is -4.51. The van der Waals surface area contributed by atoms with Crippen LogP contribution in [0, 0.1) is 0 Å². The van der Waals surface area contributed by atoms with Crippen LogP contribution in [0.3, 0.4) is 0 Å². The Morgan fingerprint density at radius 1 is 0.840 bits per heavy atom. The van der Waals surface area contributed by atoms with Crippen molar-refractivity contribution in [1.82, 2.24) is 0 Å². The maximum Gasteiger partial charge on any atom is 0.469 e. The van der Waals surface area contributed by atoms with E-state index in [4.69, 9.17) is 15.5 Å². The third-order valence-electron chi connectivity index (χ3n) is 4.53. The van der Waals surface area contributed by atoms with Crippen molar-refractivity contribution in [2.24, 2.45) is 5.73 Å². The highest BCUT2D eigenvalue weighted by atomic mass is 31.2. The summed E-state index contributed by atoms with van der Waals surface area (Å²) >= 11 is 0. The number of hydrogen-bond donors (Lipinski definition) is 4. The number of rotatable bonds is 18. The Bertz CT molecular complexity index is 337. The van der Waals surface area contributed by atoms with E-state index < -0.39 is 20.0 Å². The molecule has 6 nitrogen and oxygen atoms in total. The first-order valence-electron chi connectivity index (χ1n) is 10.0. The van der Waals surface area contributed by atoms with Gasteiger partial charge in [0.25, 0.3) is 0 Å². The smallest absolute Gasteiger partial charge is 0.391 e. The van der Waals surface area contributed by atoms with Crippen molar-refractivity contribution >= 4 is 7.82 Å². The molecule has 0 rings (SSSR count). The molecule has 0 aliphatic rings. The van der Waals surface area contributed by atoms with E-state index in [1.165, 1.54) is 64.2 Å².